The largest absolute Gasteiger partial charge is 0.323 e. The molecule has 1 aromatic rings. The summed E-state index contributed by atoms with van der Waals surface area (Å²) in [4.78, 5) is 27.4. The summed E-state index contributed by atoms with van der Waals surface area (Å²) in [6.07, 6.45) is 2.02. The Morgan fingerprint density at radius 1 is 1.32 bits per heavy atom. The van der Waals surface area contributed by atoms with Crippen LogP contribution in [0.5, 0.6) is 0 Å². The highest BCUT2D eigenvalue weighted by Gasteiger charge is 2.27. The smallest absolute Gasteiger partial charge is 0.246 e. The van der Waals surface area contributed by atoms with E-state index >= 15 is 0 Å². The third kappa shape index (κ3) is 2.47. The van der Waals surface area contributed by atoms with E-state index in [-0.39, 0.29) is 18.4 Å². The topological polar surface area (TPSA) is 40.6 Å². The lowest BCUT2D eigenvalue weighted by atomic mass is 10.0. The van der Waals surface area contributed by atoms with Crippen LogP contribution >= 0.6 is 11.8 Å². The fourth-order valence-electron chi connectivity index (χ4n) is 2.58. The molecular weight excluding hydrogens is 260 g/mol. The monoisotopic (exact) mass is 276 g/mol. The number of hydrogen-bond donors (Lipinski definition) is 0. The average molecular weight is 276 g/mol. The van der Waals surface area contributed by atoms with Crippen molar-refractivity contribution in [1.82, 2.24) is 4.90 Å². The molecule has 3 rings (SSSR count). The number of carbonyl (C=O) groups excluding carboxylic acids is 2. The molecular formula is C14H16N2O2S. The number of carbonyl (C=O) groups is 2. The summed E-state index contributed by atoms with van der Waals surface area (Å²) in [5.74, 6) is 1.25. The number of hydrogen-bond acceptors (Lipinski definition) is 3. The fourth-order valence-corrected chi connectivity index (χ4v) is 3.49. The van der Waals surface area contributed by atoms with E-state index < -0.39 is 0 Å². The summed E-state index contributed by atoms with van der Waals surface area (Å²) in [5, 5.41) is 0. The van der Waals surface area contributed by atoms with Gasteiger partial charge in [-0.05, 0) is 24.5 Å². The fraction of sp³-hybridized carbons (Fsp3) is 0.429. The molecule has 0 atom stereocenters. The Morgan fingerprint density at radius 3 is 2.95 bits per heavy atom. The van der Waals surface area contributed by atoms with E-state index in [1.54, 1.807) is 16.7 Å². The highest BCUT2D eigenvalue weighted by atomic mass is 32.2. The van der Waals surface area contributed by atoms with E-state index in [1.165, 1.54) is 5.56 Å². The number of aryl methyl sites for hydroxylation is 1. The predicted molar refractivity (Wildman–Crippen MR) is 76.2 cm³/mol. The van der Waals surface area contributed by atoms with Crippen molar-refractivity contribution in [2.45, 2.75) is 12.8 Å². The summed E-state index contributed by atoms with van der Waals surface area (Å²) in [7, 11) is 0. The van der Waals surface area contributed by atoms with Gasteiger partial charge in [0.05, 0.1) is 11.6 Å². The normalized spacial score (nSPS) is 18.6. The molecule has 1 fully saturated rings. The van der Waals surface area contributed by atoms with E-state index in [2.05, 4.69) is 6.07 Å². The van der Waals surface area contributed by atoms with Gasteiger partial charge in [-0.1, -0.05) is 18.2 Å². The van der Waals surface area contributed by atoms with Crippen LogP contribution in [0.15, 0.2) is 24.3 Å². The van der Waals surface area contributed by atoms with Gasteiger partial charge in [0.25, 0.3) is 0 Å². The first-order valence-corrected chi connectivity index (χ1v) is 7.65. The average Bonchev–Trinajstić information content (AvgIpc) is 2.83. The molecule has 100 valence electrons. The summed E-state index contributed by atoms with van der Waals surface area (Å²) in [6.45, 7) is 0.963. The van der Waals surface area contributed by atoms with Crippen LogP contribution in [0.3, 0.4) is 0 Å². The number of rotatable bonds is 2. The third-order valence-electron chi connectivity index (χ3n) is 3.56. The second kappa shape index (κ2) is 5.25. The van der Waals surface area contributed by atoms with Crippen LogP contribution in [0.25, 0.3) is 0 Å². The van der Waals surface area contributed by atoms with Crippen LogP contribution in [0.1, 0.15) is 12.0 Å². The van der Waals surface area contributed by atoms with Crippen molar-refractivity contribution in [3.05, 3.63) is 29.8 Å². The van der Waals surface area contributed by atoms with Gasteiger partial charge in [0.15, 0.2) is 0 Å². The van der Waals surface area contributed by atoms with Crippen LogP contribution in [0.2, 0.25) is 0 Å². The summed E-state index contributed by atoms with van der Waals surface area (Å²) < 4.78 is 0. The van der Waals surface area contributed by atoms with E-state index in [1.807, 2.05) is 23.1 Å². The van der Waals surface area contributed by atoms with Crippen LogP contribution in [-0.2, 0) is 16.0 Å². The van der Waals surface area contributed by atoms with Gasteiger partial charge in [0, 0.05) is 12.2 Å². The van der Waals surface area contributed by atoms with Gasteiger partial charge < -0.3 is 9.80 Å². The molecule has 2 heterocycles. The second-order valence-electron chi connectivity index (χ2n) is 4.85. The van der Waals surface area contributed by atoms with Crippen LogP contribution in [-0.4, -0.2) is 41.4 Å². The van der Waals surface area contributed by atoms with Gasteiger partial charge in [-0.25, -0.2) is 0 Å². The predicted octanol–water partition coefficient (Wildman–Crippen LogP) is 1.50. The lowest BCUT2D eigenvalue weighted by Gasteiger charge is -2.30. The number of fused-ring (bicyclic) bond motifs is 1. The van der Waals surface area contributed by atoms with Crippen molar-refractivity contribution in [3.63, 3.8) is 0 Å². The SMILES string of the molecule is O=C1CSCN1CC(=O)N1CCCc2ccccc21. The van der Waals surface area contributed by atoms with Crippen LogP contribution < -0.4 is 4.90 Å². The number of benzene rings is 1. The van der Waals surface area contributed by atoms with E-state index in [0.29, 0.717) is 11.6 Å². The maximum atomic E-state index is 12.4. The Bertz CT molecular complexity index is 518. The first kappa shape index (κ1) is 12.5. The number of thioether (sulfide) groups is 1. The molecule has 0 aromatic heterocycles. The van der Waals surface area contributed by atoms with Gasteiger partial charge in [-0.15, -0.1) is 11.8 Å². The number of nitrogens with zero attached hydrogens (tertiary/aromatic N) is 2. The number of anilines is 1. The molecule has 0 aliphatic carbocycles. The Kier molecular flexibility index (Phi) is 3.46. The Balaban J connectivity index is 1.76. The molecule has 0 bridgehead atoms. The van der Waals surface area contributed by atoms with Crippen molar-refractivity contribution in [2.75, 3.05) is 29.6 Å². The summed E-state index contributed by atoms with van der Waals surface area (Å²) in [5.41, 5.74) is 2.24. The van der Waals surface area contributed by atoms with E-state index in [9.17, 15) is 9.59 Å². The molecule has 2 aliphatic heterocycles. The minimum Gasteiger partial charge on any atom is -0.323 e. The quantitative estimate of drug-likeness (QED) is 0.822. The molecule has 1 saturated heterocycles. The van der Waals surface area contributed by atoms with Crippen molar-refractivity contribution in [3.8, 4) is 0 Å². The molecule has 2 aliphatic rings. The van der Waals surface area contributed by atoms with Crippen molar-refractivity contribution in [2.24, 2.45) is 0 Å². The van der Waals surface area contributed by atoms with Crippen molar-refractivity contribution in [1.29, 1.82) is 0 Å². The third-order valence-corrected chi connectivity index (χ3v) is 4.51. The van der Waals surface area contributed by atoms with Gasteiger partial charge in [0.1, 0.15) is 6.54 Å². The number of para-hydroxylation sites is 1. The lowest BCUT2D eigenvalue weighted by molar-refractivity contribution is -0.131. The van der Waals surface area contributed by atoms with E-state index in [4.69, 9.17) is 0 Å². The Labute approximate surface area is 116 Å². The molecule has 4 nitrogen and oxygen atoms in total. The van der Waals surface area contributed by atoms with Gasteiger partial charge in [-0.2, -0.15) is 0 Å². The molecule has 5 heteroatoms. The maximum absolute atomic E-state index is 12.4. The zero-order valence-electron chi connectivity index (χ0n) is 10.7. The minimum atomic E-state index is 0.0306. The van der Waals surface area contributed by atoms with Gasteiger partial charge >= 0.3 is 0 Å². The molecule has 19 heavy (non-hydrogen) atoms. The zero-order valence-corrected chi connectivity index (χ0v) is 11.5. The Hall–Kier alpha value is -1.49. The van der Waals surface area contributed by atoms with Crippen molar-refractivity contribution >= 4 is 29.3 Å². The molecule has 0 saturated carbocycles. The first-order chi connectivity index (χ1) is 9.25. The standard InChI is InChI=1S/C14H16N2O2S/c17-13(8-15-10-19-9-14(15)18)16-7-3-5-11-4-1-2-6-12(11)16/h1-2,4,6H,3,5,7-10H2. The minimum absolute atomic E-state index is 0.0306. The second-order valence-corrected chi connectivity index (χ2v) is 5.80. The molecule has 0 spiro atoms. The van der Waals surface area contributed by atoms with Crippen LogP contribution in [0, 0.1) is 0 Å². The summed E-state index contributed by atoms with van der Waals surface area (Å²) in [6, 6.07) is 8.04. The zero-order chi connectivity index (χ0) is 13.2. The van der Waals surface area contributed by atoms with Crippen molar-refractivity contribution < 1.29 is 9.59 Å². The van der Waals surface area contributed by atoms with Crippen LogP contribution in [0.4, 0.5) is 5.69 Å². The van der Waals surface area contributed by atoms with Gasteiger partial charge in [0.2, 0.25) is 11.8 Å². The molecule has 1 aromatic carbocycles. The molecule has 0 unspecified atom stereocenters. The first-order valence-electron chi connectivity index (χ1n) is 6.49. The highest BCUT2D eigenvalue weighted by Crippen LogP contribution is 2.27. The Morgan fingerprint density at radius 2 is 2.16 bits per heavy atom. The maximum Gasteiger partial charge on any atom is 0.246 e. The highest BCUT2D eigenvalue weighted by molar-refractivity contribution is 8.00. The lowest BCUT2D eigenvalue weighted by Crippen LogP contribution is -2.43. The van der Waals surface area contributed by atoms with E-state index in [0.717, 1.165) is 25.1 Å². The summed E-state index contributed by atoms with van der Waals surface area (Å²) >= 11 is 1.57. The molecule has 0 radical (unpaired) electrons. The molecule has 0 N–H and O–H groups in total. The number of amides is 2. The van der Waals surface area contributed by atoms with Gasteiger partial charge in [-0.3, -0.25) is 9.59 Å². The molecule has 2 amide bonds.